The molecule has 27 heavy (non-hydrogen) atoms. The van der Waals surface area contributed by atoms with E-state index in [2.05, 4.69) is 16.7 Å². The maximum Gasteiger partial charge on any atom is 0.243 e. The lowest BCUT2D eigenvalue weighted by Gasteiger charge is -2.26. The Morgan fingerprint density at radius 1 is 1.07 bits per heavy atom. The van der Waals surface area contributed by atoms with Gasteiger partial charge in [-0.05, 0) is 54.7 Å². The second-order valence-corrected chi connectivity index (χ2v) is 8.16. The molecule has 0 unspecified atom stereocenters. The van der Waals surface area contributed by atoms with Gasteiger partial charge in [-0.3, -0.25) is 0 Å². The predicted molar refractivity (Wildman–Crippen MR) is 107 cm³/mol. The van der Waals surface area contributed by atoms with Crippen LogP contribution in [0.25, 0.3) is 0 Å². The number of nitrogens with zero attached hydrogens (tertiary/aromatic N) is 2. The maximum absolute atomic E-state index is 12.6. The molecule has 1 heterocycles. The van der Waals surface area contributed by atoms with Gasteiger partial charge in [0, 0.05) is 24.5 Å². The molecule has 0 atom stereocenters. The third kappa shape index (κ3) is 4.81. The van der Waals surface area contributed by atoms with Crippen LogP contribution in [0.2, 0.25) is 0 Å². The molecule has 0 aromatic heterocycles. The summed E-state index contributed by atoms with van der Waals surface area (Å²) in [6.07, 6.45) is 0. The largest absolute Gasteiger partial charge is 0.379 e. The van der Waals surface area contributed by atoms with Gasteiger partial charge in [-0.1, -0.05) is 6.07 Å². The minimum absolute atomic E-state index is 0.232. The standard InChI is InChI=1S/C18H18N4O3S2/c19-13-14-2-1-3-16(12-14)21-18(26)20-15-4-6-17(7-5-15)27(23,24)22-8-10-25-11-9-22/h1-7,12H,8-11H2,(H2,20,21,26). The van der Waals surface area contributed by atoms with Crippen molar-refractivity contribution in [2.75, 3.05) is 36.9 Å². The molecule has 0 saturated carbocycles. The Labute approximate surface area is 163 Å². The van der Waals surface area contributed by atoms with Crippen molar-refractivity contribution < 1.29 is 13.2 Å². The van der Waals surface area contributed by atoms with Gasteiger partial charge in [-0.25, -0.2) is 8.42 Å². The van der Waals surface area contributed by atoms with Gasteiger partial charge in [0.1, 0.15) is 0 Å². The Balaban J connectivity index is 1.65. The van der Waals surface area contributed by atoms with E-state index in [9.17, 15) is 8.42 Å². The number of hydrogen-bond donors (Lipinski definition) is 2. The highest BCUT2D eigenvalue weighted by molar-refractivity contribution is 7.89. The lowest BCUT2D eigenvalue weighted by atomic mass is 10.2. The molecule has 2 N–H and O–H groups in total. The lowest BCUT2D eigenvalue weighted by molar-refractivity contribution is 0.0730. The van der Waals surface area contributed by atoms with Gasteiger partial charge >= 0.3 is 0 Å². The van der Waals surface area contributed by atoms with Crippen LogP contribution >= 0.6 is 12.2 Å². The number of hydrogen-bond acceptors (Lipinski definition) is 5. The number of benzene rings is 2. The molecule has 0 aliphatic carbocycles. The highest BCUT2D eigenvalue weighted by Crippen LogP contribution is 2.20. The minimum atomic E-state index is -3.52. The van der Waals surface area contributed by atoms with Crippen LogP contribution in [0.15, 0.2) is 53.4 Å². The fourth-order valence-corrected chi connectivity index (χ4v) is 4.25. The van der Waals surface area contributed by atoms with Gasteiger partial charge in [-0.2, -0.15) is 9.57 Å². The van der Waals surface area contributed by atoms with Gasteiger partial charge < -0.3 is 15.4 Å². The second-order valence-electron chi connectivity index (χ2n) is 5.81. The molecule has 0 bridgehead atoms. The van der Waals surface area contributed by atoms with E-state index in [-0.39, 0.29) is 4.90 Å². The van der Waals surface area contributed by atoms with E-state index in [0.717, 1.165) is 0 Å². The van der Waals surface area contributed by atoms with Crippen LogP contribution in [0, 0.1) is 11.3 Å². The van der Waals surface area contributed by atoms with Crippen molar-refractivity contribution in [1.82, 2.24) is 4.31 Å². The van der Waals surface area contributed by atoms with E-state index in [1.165, 1.54) is 4.31 Å². The summed E-state index contributed by atoms with van der Waals surface area (Å²) in [5, 5.41) is 15.3. The predicted octanol–water partition coefficient (Wildman–Crippen LogP) is 2.39. The first-order chi connectivity index (χ1) is 13.0. The highest BCUT2D eigenvalue weighted by Gasteiger charge is 2.26. The van der Waals surface area contributed by atoms with Crippen LogP contribution in [0.3, 0.4) is 0 Å². The SMILES string of the molecule is N#Cc1cccc(NC(=S)Nc2ccc(S(=O)(=O)N3CCOCC3)cc2)c1. The highest BCUT2D eigenvalue weighted by atomic mass is 32.2. The number of rotatable bonds is 4. The summed E-state index contributed by atoms with van der Waals surface area (Å²) in [6, 6.07) is 15.4. The van der Waals surface area contributed by atoms with E-state index >= 15 is 0 Å². The maximum atomic E-state index is 12.6. The fraction of sp³-hybridized carbons (Fsp3) is 0.222. The fourth-order valence-electron chi connectivity index (χ4n) is 2.61. The van der Waals surface area contributed by atoms with E-state index in [4.69, 9.17) is 22.2 Å². The first-order valence-electron chi connectivity index (χ1n) is 8.25. The molecule has 9 heteroatoms. The molecule has 140 valence electrons. The first-order valence-corrected chi connectivity index (χ1v) is 10.1. The summed E-state index contributed by atoms with van der Waals surface area (Å²) >= 11 is 5.26. The Morgan fingerprint density at radius 2 is 1.74 bits per heavy atom. The minimum Gasteiger partial charge on any atom is -0.379 e. The molecule has 2 aromatic carbocycles. The molecule has 7 nitrogen and oxygen atoms in total. The second kappa shape index (κ2) is 8.45. The molecule has 1 saturated heterocycles. The van der Waals surface area contributed by atoms with E-state index in [1.54, 1.807) is 48.5 Å². The average molecular weight is 403 g/mol. The van der Waals surface area contributed by atoms with Crippen LogP contribution in [0.1, 0.15) is 5.56 Å². The van der Waals surface area contributed by atoms with Crippen LogP contribution in [0.5, 0.6) is 0 Å². The summed E-state index contributed by atoms with van der Waals surface area (Å²) in [4.78, 5) is 0.232. The van der Waals surface area contributed by atoms with Gasteiger partial charge in [0.2, 0.25) is 10.0 Å². The molecule has 0 amide bonds. The van der Waals surface area contributed by atoms with E-state index < -0.39 is 10.0 Å². The smallest absolute Gasteiger partial charge is 0.243 e. The van der Waals surface area contributed by atoms with Crippen LogP contribution in [-0.4, -0.2) is 44.1 Å². The summed E-state index contributed by atoms with van der Waals surface area (Å²) in [5.74, 6) is 0. The monoisotopic (exact) mass is 402 g/mol. The molecule has 0 spiro atoms. The quantitative estimate of drug-likeness (QED) is 0.758. The molecular weight excluding hydrogens is 384 g/mol. The van der Waals surface area contributed by atoms with Crippen molar-refractivity contribution in [3.05, 3.63) is 54.1 Å². The zero-order valence-corrected chi connectivity index (χ0v) is 16.0. The number of sulfonamides is 1. The van der Waals surface area contributed by atoms with Gasteiger partial charge in [-0.15, -0.1) is 0 Å². The van der Waals surface area contributed by atoms with Crippen molar-refractivity contribution in [2.24, 2.45) is 0 Å². The van der Waals surface area contributed by atoms with Gasteiger partial charge in [0.05, 0.1) is 29.7 Å². The van der Waals surface area contributed by atoms with Gasteiger partial charge in [0.15, 0.2) is 5.11 Å². The Bertz CT molecular complexity index is 963. The van der Waals surface area contributed by atoms with Crippen molar-refractivity contribution >= 4 is 38.7 Å². The number of thiocarbonyl (C=S) groups is 1. The topological polar surface area (TPSA) is 94.5 Å². The van der Waals surface area contributed by atoms with Crippen LogP contribution < -0.4 is 10.6 Å². The number of ether oxygens (including phenoxy) is 1. The van der Waals surface area contributed by atoms with Gasteiger partial charge in [0.25, 0.3) is 0 Å². The number of anilines is 2. The Hall–Kier alpha value is -2.51. The molecule has 3 rings (SSSR count). The number of nitrogens with one attached hydrogen (secondary N) is 2. The zero-order valence-electron chi connectivity index (χ0n) is 14.4. The summed E-state index contributed by atoms with van der Waals surface area (Å²) in [5.41, 5.74) is 1.88. The number of morpholine rings is 1. The third-order valence-electron chi connectivity index (χ3n) is 3.97. The molecule has 1 fully saturated rings. The summed E-state index contributed by atoms with van der Waals surface area (Å²) in [7, 11) is -3.52. The Morgan fingerprint density at radius 3 is 2.41 bits per heavy atom. The first kappa shape index (κ1) is 19.3. The van der Waals surface area contributed by atoms with Crippen molar-refractivity contribution in [3.8, 4) is 6.07 Å². The van der Waals surface area contributed by atoms with Crippen LogP contribution in [0.4, 0.5) is 11.4 Å². The van der Waals surface area contributed by atoms with Crippen molar-refractivity contribution in [3.63, 3.8) is 0 Å². The zero-order chi connectivity index (χ0) is 19.3. The molecule has 1 aliphatic heterocycles. The average Bonchev–Trinajstić information content (AvgIpc) is 2.69. The van der Waals surface area contributed by atoms with Crippen molar-refractivity contribution in [1.29, 1.82) is 5.26 Å². The third-order valence-corrected chi connectivity index (χ3v) is 6.09. The van der Waals surface area contributed by atoms with E-state index in [0.29, 0.717) is 48.4 Å². The molecule has 0 radical (unpaired) electrons. The van der Waals surface area contributed by atoms with Crippen molar-refractivity contribution in [2.45, 2.75) is 4.90 Å². The Kier molecular flexibility index (Phi) is 6.03. The molecule has 2 aromatic rings. The number of nitriles is 1. The molecule has 1 aliphatic rings. The molecular formula is C18H18N4O3S2. The van der Waals surface area contributed by atoms with Crippen LogP contribution in [-0.2, 0) is 14.8 Å². The summed E-state index contributed by atoms with van der Waals surface area (Å²) in [6.45, 7) is 1.54. The normalized spacial score (nSPS) is 14.9. The van der Waals surface area contributed by atoms with E-state index in [1.807, 2.05) is 0 Å². The lowest BCUT2D eigenvalue weighted by Crippen LogP contribution is -2.40. The summed E-state index contributed by atoms with van der Waals surface area (Å²) < 4.78 is 31.8.